The summed E-state index contributed by atoms with van der Waals surface area (Å²) in [5.74, 6) is 0.413. The van der Waals surface area contributed by atoms with Crippen molar-refractivity contribution in [3.05, 3.63) is 0 Å². The summed E-state index contributed by atoms with van der Waals surface area (Å²) in [6.07, 6.45) is 7.26. The van der Waals surface area contributed by atoms with Crippen molar-refractivity contribution < 1.29 is 14.3 Å². The van der Waals surface area contributed by atoms with Gasteiger partial charge < -0.3 is 4.74 Å². The number of imide groups is 1. The van der Waals surface area contributed by atoms with Gasteiger partial charge in [-0.15, -0.1) is 0 Å². The van der Waals surface area contributed by atoms with Crippen LogP contribution in [0.2, 0.25) is 0 Å². The van der Waals surface area contributed by atoms with E-state index in [4.69, 9.17) is 4.74 Å². The fourth-order valence-electron chi connectivity index (χ4n) is 4.38. The predicted molar refractivity (Wildman–Crippen MR) is 65.7 cm³/mol. The zero-order chi connectivity index (χ0) is 12.8. The van der Waals surface area contributed by atoms with Gasteiger partial charge >= 0.3 is 0 Å². The number of hydrogen-bond donors (Lipinski definition) is 1. The third-order valence-corrected chi connectivity index (χ3v) is 5.19. The van der Waals surface area contributed by atoms with E-state index < -0.39 is 0 Å². The maximum Gasteiger partial charge on any atom is 0.230 e. The van der Waals surface area contributed by atoms with Crippen LogP contribution < -0.4 is 5.32 Å². The largest absolute Gasteiger partial charge is 0.381 e. The van der Waals surface area contributed by atoms with Crippen molar-refractivity contribution in [1.29, 1.82) is 0 Å². The summed E-state index contributed by atoms with van der Waals surface area (Å²) in [7, 11) is 1.72. The van der Waals surface area contributed by atoms with Crippen LogP contribution in [0.4, 0.5) is 0 Å². The first-order valence-corrected chi connectivity index (χ1v) is 7.01. The SMILES string of the molecule is COC1CC2(CC(=O)NC(=O)C2C2CCCC2)C1. The molecule has 1 aliphatic heterocycles. The minimum absolute atomic E-state index is 0.0206. The number of piperidine rings is 1. The molecule has 4 heteroatoms. The number of hydrogen-bond acceptors (Lipinski definition) is 3. The van der Waals surface area contributed by atoms with Crippen molar-refractivity contribution in [1.82, 2.24) is 5.32 Å². The molecule has 0 aromatic heterocycles. The number of carbonyl (C=O) groups excluding carboxylic acids is 2. The van der Waals surface area contributed by atoms with Crippen LogP contribution in [0.1, 0.15) is 44.9 Å². The van der Waals surface area contributed by atoms with Crippen molar-refractivity contribution in [2.75, 3.05) is 7.11 Å². The number of nitrogens with one attached hydrogen (secondary N) is 1. The van der Waals surface area contributed by atoms with Gasteiger partial charge in [0.25, 0.3) is 0 Å². The van der Waals surface area contributed by atoms with E-state index in [2.05, 4.69) is 5.32 Å². The lowest BCUT2D eigenvalue weighted by Crippen LogP contribution is -2.60. The Morgan fingerprint density at radius 2 is 1.89 bits per heavy atom. The van der Waals surface area contributed by atoms with E-state index in [1.165, 1.54) is 12.8 Å². The molecule has 0 radical (unpaired) electrons. The molecule has 1 spiro atoms. The second-order valence-electron chi connectivity index (χ2n) is 6.24. The number of carbonyl (C=O) groups is 2. The number of rotatable bonds is 2. The van der Waals surface area contributed by atoms with Crippen LogP contribution in [-0.4, -0.2) is 25.0 Å². The predicted octanol–water partition coefficient (Wildman–Crippen LogP) is 1.63. The molecule has 1 saturated heterocycles. The molecular formula is C14H21NO3. The average molecular weight is 251 g/mol. The molecule has 3 aliphatic rings. The van der Waals surface area contributed by atoms with E-state index in [0.29, 0.717) is 12.3 Å². The number of ether oxygens (including phenoxy) is 1. The highest BCUT2D eigenvalue weighted by atomic mass is 16.5. The molecule has 0 aromatic carbocycles. The maximum absolute atomic E-state index is 12.2. The summed E-state index contributed by atoms with van der Waals surface area (Å²) in [4.78, 5) is 23.9. The fourth-order valence-corrected chi connectivity index (χ4v) is 4.38. The van der Waals surface area contributed by atoms with Crippen LogP contribution in [0.15, 0.2) is 0 Å². The second kappa shape index (κ2) is 4.34. The van der Waals surface area contributed by atoms with Crippen molar-refractivity contribution >= 4 is 11.8 Å². The molecule has 0 bridgehead atoms. The van der Waals surface area contributed by atoms with Crippen molar-refractivity contribution in [2.24, 2.45) is 17.3 Å². The highest BCUT2D eigenvalue weighted by Gasteiger charge is 2.58. The van der Waals surface area contributed by atoms with Crippen molar-refractivity contribution in [3.8, 4) is 0 Å². The Bertz CT molecular complexity index is 367. The summed E-state index contributed by atoms with van der Waals surface area (Å²) in [5, 5.41) is 2.54. The lowest BCUT2D eigenvalue weighted by atomic mass is 9.53. The minimum Gasteiger partial charge on any atom is -0.381 e. The molecule has 18 heavy (non-hydrogen) atoms. The summed E-state index contributed by atoms with van der Waals surface area (Å²) >= 11 is 0. The molecule has 0 aromatic rings. The van der Waals surface area contributed by atoms with E-state index in [-0.39, 0.29) is 29.3 Å². The molecule has 2 aliphatic carbocycles. The van der Waals surface area contributed by atoms with Gasteiger partial charge in [0.15, 0.2) is 0 Å². The minimum atomic E-state index is -0.0937. The molecule has 3 rings (SSSR count). The van der Waals surface area contributed by atoms with Gasteiger partial charge in [0.05, 0.1) is 6.10 Å². The van der Waals surface area contributed by atoms with Crippen LogP contribution in [-0.2, 0) is 14.3 Å². The standard InChI is InChI=1S/C14H21NO3/c1-18-10-6-14(7-10)8-11(16)15-13(17)12(14)9-4-2-3-5-9/h9-10,12H,2-8H2,1H3,(H,15,16,17). The highest BCUT2D eigenvalue weighted by Crippen LogP contribution is 2.56. The van der Waals surface area contributed by atoms with E-state index in [1.807, 2.05) is 0 Å². The first-order valence-electron chi connectivity index (χ1n) is 7.01. The van der Waals surface area contributed by atoms with Crippen molar-refractivity contribution in [3.63, 3.8) is 0 Å². The summed E-state index contributed by atoms with van der Waals surface area (Å²) in [6.45, 7) is 0. The molecule has 1 atom stereocenters. The summed E-state index contributed by atoms with van der Waals surface area (Å²) in [5.41, 5.74) is -0.0882. The molecule has 100 valence electrons. The number of methoxy groups -OCH3 is 1. The van der Waals surface area contributed by atoms with Gasteiger partial charge in [0.1, 0.15) is 0 Å². The van der Waals surface area contributed by atoms with Gasteiger partial charge in [-0.25, -0.2) is 0 Å². The normalized spacial score (nSPS) is 40.9. The molecule has 4 nitrogen and oxygen atoms in total. The molecule has 1 N–H and O–H groups in total. The van der Waals surface area contributed by atoms with Crippen LogP contribution >= 0.6 is 0 Å². The Labute approximate surface area is 107 Å². The molecular weight excluding hydrogens is 230 g/mol. The Balaban J connectivity index is 1.82. The van der Waals surface area contributed by atoms with Gasteiger partial charge in [-0.3, -0.25) is 14.9 Å². The summed E-state index contributed by atoms with van der Waals surface area (Å²) < 4.78 is 5.35. The molecule has 2 saturated carbocycles. The smallest absolute Gasteiger partial charge is 0.230 e. The third kappa shape index (κ3) is 1.78. The zero-order valence-electron chi connectivity index (χ0n) is 10.9. The van der Waals surface area contributed by atoms with E-state index in [1.54, 1.807) is 7.11 Å². The van der Waals surface area contributed by atoms with Gasteiger partial charge in [-0.05, 0) is 37.0 Å². The summed E-state index contributed by atoms with van der Waals surface area (Å²) in [6, 6.07) is 0. The van der Waals surface area contributed by atoms with Crippen molar-refractivity contribution in [2.45, 2.75) is 51.0 Å². The fraction of sp³-hybridized carbons (Fsp3) is 0.857. The Kier molecular flexibility index (Phi) is 2.93. The van der Waals surface area contributed by atoms with Crippen LogP contribution in [0.25, 0.3) is 0 Å². The maximum atomic E-state index is 12.2. The highest BCUT2D eigenvalue weighted by molar-refractivity contribution is 6.00. The van der Waals surface area contributed by atoms with Crippen LogP contribution in [0, 0.1) is 17.3 Å². The Morgan fingerprint density at radius 1 is 1.22 bits per heavy atom. The topological polar surface area (TPSA) is 55.4 Å². The van der Waals surface area contributed by atoms with E-state index in [0.717, 1.165) is 25.7 Å². The van der Waals surface area contributed by atoms with E-state index >= 15 is 0 Å². The van der Waals surface area contributed by atoms with Gasteiger partial charge in [-0.2, -0.15) is 0 Å². The molecule has 1 heterocycles. The molecule has 1 unspecified atom stereocenters. The van der Waals surface area contributed by atoms with Gasteiger partial charge in [-0.1, -0.05) is 12.8 Å². The first-order chi connectivity index (χ1) is 8.64. The zero-order valence-corrected chi connectivity index (χ0v) is 10.9. The van der Waals surface area contributed by atoms with Gasteiger partial charge in [0.2, 0.25) is 11.8 Å². The van der Waals surface area contributed by atoms with Gasteiger partial charge in [0, 0.05) is 19.4 Å². The lowest BCUT2D eigenvalue weighted by molar-refractivity contribution is -0.164. The monoisotopic (exact) mass is 251 g/mol. The van der Waals surface area contributed by atoms with E-state index in [9.17, 15) is 9.59 Å². The third-order valence-electron chi connectivity index (χ3n) is 5.19. The Morgan fingerprint density at radius 3 is 2.50 bits per heavy atom. The average Bonchev–Trinajstić information content (AvgIpc) is 2.77. The lowest BCUT2D eigenvalue weighted by Gasteiger charge is -2.54. The second-order valence-corrected chi connectivity index (χ2v) is 6.24. The van der Waals surface area contributed by atoms with Crippen LogP contribution in [0.5, 0.6) is 0 Å². The molecule has 2 amide bonds. The Hall–Kier alpha value is -0.900. The number of amides is 2. The molecule has 3 fully saturated rings. The quantitative estimate of drug-likeness (QED) is 0.759. The van der Waals surface area contributed by atoms with Crippen LogP contribution in [0.3, 0.4) is 0 Å². The first kappa shape index (κ1) is 12.2.